The molecule has 11 heteroatoms. The van der Waals surface area contributed by atoms with E-state index in [0.29, 0.717) is 11.9 Å². The molecule has 0 aliphatic heterocycles. The van der Waals surface area contributed by atoms with Gasteiger partial charge in [-0.15, -0.1) is 0 Å². The Bertz CT molecular complexity index is 1880. The smallest absolute Gasteiger partial charge is 0.279 e. The van der Waals surface area contributed by atoms with Gasteiger partial charge in [0.05, 0.1) is 16.0 Å². The van der Waals surface area contributed by atoms with Crippen LogP contribution < -0.4 is 9.62 Å². The van der Waals surface area contributed by atoms with E-state index in [2.05, 4.69) is 15.3 Å². The van der Waals surface area contributed by atoms with Gasteiger partial charge in [0.15, 0.2) is 0 Å². The lowest BCUT2D eigenvalue weighted by molar-refractivity contribution is -0.383. The monoisotopic (exact) mass is 625 g/mol. The van der Waals surface area contributed by atoms with E-state index in [4.69, 9.17) is 0 Å². The molecule has 2 heterocycles. The molecule has 1 saturated carbocycles. The van der Waals surface area contributed by atoms with Crippen LogP contribution in [0.2, 0.25) is 0 Å². The van der Waals surface area contributed by atoms with E-state index in [9.17, 15) is 23.7 Å². The summed E-state index contributed by atoms with van der Waals surface area (Å²) in [5.74, 6) is -0.466. The summed E-state index contributed by atoms with van der Waals surface area (Å²) in [6, 6.07) is 23.0. The van der Waals surface area contributed by atoms with Crippen LogP contribution in [0, 0.1) is 10.1 Å². The quantitative estimate of drug-likeness (QED) is 0.0909. The van der Waals surface area contributed by atoms with E-state index in [1.54, 1.807) is 49.6 Å². The molecule has 0 saturated heterocycles. The molecule has 1 aliphatic carbocycles. The minimum Gasteiger partial charge on any atom is -0.361 e. The number of pyridine rings is 1. The van der Waals surface area contributed by atoms with Crippen molar-refractivity contribution < 1.29 is 18.5 Å². The second-order valence-electron chi connectivity index (χ2n) is 12.0. The molecule has 0 bridgehead atoms. The number of para-hydroxylation sites is 1. The number of H-pyrrole nitrogens is 1. The minimum absolute atomic E-state index is 0.0444. The standard InChI is InChI=1S/C34H35N5O5S/c1-33(21-25-22-36-27-14-4-3-13-26(25)27,32(40)37-23-34(18-6-2-7-19-34)30-17-5-8-20-35-30)38(45(43)44)28-15-9-11-24-12-10-16-29(31(24)28)39(41)42/h3-5,8-17,20,22,36H,2,6-7,18-19,21,23H2,1H3,(H,37,40)(H,43,44). The third-order valence-corrected chi connectivity index (χ3v) is 10.1. The lowest BCUT2D eigenvalue weighted by Crippen LogP contribution is -2.60. The number of anilines is 1. The van der Waals surface area contributed by atoms with E-state index < -0.39 is 27.6 Å². The summed E-state index contributed by atoms with van der Waals surface area (Å²) < 4.78 is 25.5. The van der Waals surface area contributed by atoms with Crippen molar-refractivity contribution in [2.24, 2.45) is 0 Å². The summed E-state index contributed by atoms with van der Waals surface area (Å²) in [6.45, 7) is 1.92. The Morgan fingerprint density at radius 3 is 2.51 bits per heavy atom. The molecule has 10 nitrogen and oxygen atoms in total. The zero-order valence-corrected chi connectivity index (χ0v) is 25.8. The summed E-state index contributed by atoms with van der Waals surface area (Å²) in [7, 11) is 0. The summed E-state index contributed by atoms with van der Waals surface area (Å²) in [5.41, 5.74) is 0.422. The van der Waals surface area contributed by atoms with Gasteiger partial charge in [0.25, 0.3) is 17.0 Å². The van der Waals surface area contributed by atoms with Crippen molar-refractivity contribution in [2.45, 2.75) is 56.4 Å². The van der Waals surface area contributed by atoms with E-state index in [-0.39, 0.29) is 28.6 Å². The normalized spacial score (nSPS) is 16.6. The van der Waals surface area contributed by atoms with Gasteiger partial charge in [-0.2, -0.15) is 0 Å². The number of nitro groups is 1. The van der Waals surface area contributed by atoms with Crippen molar-refractivity contribution in [1.29, 1.82) is 0 Å². The highest BCUT2D eigenvalue weighted by molar-refractivity contribution is 7.80. The Balaban J connectivity index is 1.48. The van der Waals surface area contributed by atoms with Crippen molar-refractivity contribution in [1.82, 2.24) is 15.3 Å². The van der Waals surface area contributed by atoms with Crippen LogP contribution in [0.4, 0.5) is 11.4 Å². The van der Waals surface area contributed by atoms with Crippen molar-refractivity contribution in [3.05, 3.63) is 113 Å². The van der Waals surface area contributed by atoms with Crippen LogP contribution in [0.3, 0.4) is 0 Å². The lowest BCUT2D eigenvalue weighted by Gasteiger charge is -2.41. The number of rotatable bonds is 10. The third-order valence-electron chi connectivity index (χ3n) is 9.19. The van der Waals surface area contributed by atoms with Gasteiger partial charge in [0.2, 0.25) is 5.91 Å². The van der Waals surface area contributed by atoms with Crippen molar-refractivity contribution in [3.8, 4) is 0 Å². The number of fused-ring (bicyclic) bond motifs is 2. The van der Waals surface area contributed by atoms with Gasteiger partial charge in [-0.1, -0.05) is 67.8 Å². The number of non-ortho nitro benzene ring substituents is 1. The molecule has 45 heavy (non-hydrogen) atoms. The molecule has 2 atom stereocenters. The zero-order valence-electron chi connectivity index (χ0n) is 24.9. The highest BCUT2D eigenvalue weighted by Gasteiger charge is 2.46. The lowest BCUT2D eigenvalue weighted by atomic mass is 9.71. The van der Waals surface area contributed by atoms with Gasteiger partial charge in [-0.05, 0) is 55.0 Å². The Hall–Kier alpha value is -4.61. The fourth-order valence-corrected chi connectivity index (χ4v) is 7.72. The van der Waals surface area contributed by atoms with Gasteiger partial charge in [0, 0.05) is 53.4 Å². The van der Waals surface area contributed by atoms with Crippen LogP contribution in [-0.2, 0) is 27.9 Å². The molecule has 2 aromatic heterocycles. The Morgan fingerprint density at radius 1 is 1.07 bits per heavy atom. The number of benzene rings is 3. The van der Waals surface area contributed by atoms with Crippen LogP contribution in [0.1, 0.15) is 50.3 Å². The molecular formula is C34H35N5O5S. The number of hydrogen-bond donors (Lipinski definition) is 3. The van der Waals surface area contributed by atoms with E-state index in [1.165, 1.54) is 6.07 Å². The summed E-state index contributed by atoms with van der Waals surface area (Å²) in [6.07, 6.45) is 8.44. The number of hydrogen-bond acceptors (Lipinski definition) is 5. The maximum Gasteiger partial charge on any atom is 0.279 e. The third kappa shape index (κ3) is 5.69. The largest absolute Gasteiger partial charge is 0.361 e. The first-order valence-corrected chi connectivity index (χ1v) is 16.1. The number of nitro benzene ring substituents is 1. The van der Waals surface area contributed by atoms with Crippen LogP contribution in [-0.4, -0.2) is 41.6 Å². The number of aromatic nitrogens is 2. The predicted molar refractivity (Wildman–Crippen MR) is 176 cm³/mol. The molecule has 3 N–H and O–H groups in total. The predicted octanol–water partition coefficient (Wildman–Crippen LogP) is 6.59. The number of amides is 1. The minimum atomic E-state index is -2.74. The van der Waals surface area contributed by atoms with Crippen LogP contribution in [0.25, 0.3) is 21.7 Å². The number of carbonyl (C=O) groups excluding carboxylic acids is 1. The summed E-state index contributed by atoms with van der Waals surface area (Å²) in [4.78, 5) is 34.2. The van der Waals surface area contributed by atoms with E-state index >= 15 is 0 Å². The van der Waals surface area contributed by atoms with Gasteiger partial charge in [-0.25, -0.2) is 4.21 Å². The Morgan fingerprint density at radius 2 is 1.80 bits per heavy atom. The summed E-state index contributed by atoms with van der Waals surface area (Å²) >= 11 is -2.74. The second kappa shape index (κ2) is 12.4. The Kier molecular flexibility index (Phi) is 8.39. The average molecular weight is 626 g/mol. The van der Waals surface area contributed by atoms with E-state index in [1.807, 2.05) is 42.5 Å². The van der Waals surface area contributed by atoms with Crippen molar-refractivity contribution in [2.75, 3.05) is 10.8 Å². The molecule has 5 aromatic rings. The second-order valence-corrected chi connectivity index (χ2v) is 12.8. The fourth-order valence-electron chi connectivity index (χ4n) is 6.91. The molecule has 1 aliphatic rings. The number of nitrogens with zero attached hydrogens (tertiary/aromatic N) is 3. The van der Waals surface area contributed by atoms with Crippen LogP contribution in [0.15, 0.2) is 91.3 Å². The van der Waals surface area contributed by atoms with Gasteiger partial charge < -0.3 is 10.3 Å². The average Bonchev–Trinajstić information content (AvgIpc) is 3.46. The highest BCUT2D eigenvalue weighted by Crippen LogP contribution is 2.41. The molecule has 3 aromatic carbocycles. The molecule has 1 fully saturated rings. The van der Waals surface area contributed by atoms with E-state index in [0.717, 1.165) is 58.6 Å². The molecule has 232 valence electrons. The first kappa shape index (κ1) is 30.4. The topological polar surface area (TPSA) is 141 Å². The van der Waals surface area contributed by atoms with Crippen molar-refractivity contribution in [3.63, 3.8) is 0 Å². The maximum absolute atomic E-state index is 14.7. The number of aromatic amines is 1. The van der Waals surface area contributed by atoms with Crippen LogP contribution >= 0.6 is 0 Å². The highest BCUT2D eigenvalue weighted by atomic mass is 32.2. The first-order chi connectivity index (χ1) is 21.7. The maximum atomic E-state index is 14.7. The molecular weight excluding hydrogens is 590 g/mol. The molecule has 0 spiro atoms. The number of nitrogens with one attached hydrogen (secondary N) is 2. The number of carbonyl (C=O) groups is 1. The molecule has 1 amide bonds. The SMILES string of the molecule is CC(Cc1c[nH]c2ccccc12)(C(=O)NCC1(c2ccccn2)CCCCC1)N(c1cccc2cccc([N+](=O)[O-])c12)S(=O)O. The van der Waals surface area contributed by atoms with Gasteiger partial charge in [0.1, 0.15) is 5.54 Å². The zero-order chi connectivity index (χ0) is 31.6. The first-order valence-electron chi connectivity index (χ1n) is 15.1. The Labute approximate surface area is 263 Å². The molecule has 0 radical (unpaired) electrons. The fraction of sp³-hybridized carbons (Fsp3) is 0.294. The summed E-state index contributed by atoms with van der Waals surface area (Å²) in [5, 5.41) is 16.9. The molecule has 6 rings (SSSR count). The van der Waals surface area contributed by atoms with Gasteiger partial charge >= 0.3 is 0 Å². The van der Waals surface area contributed by atoms with Gasteiger partial charge in [-0.3, -0.25) is 28.8 Å². The van der Waals surface area contributed by atoms with Crippen LogP contribution in [0.5, 0.6) is 0 Å². The molecule has 2 unspecified atom stereocenters. The van der Waals surface area contributed by atoms with Crippen molar-refractivity contribution >= 4 is 50.2 Å².